The number of benzene rings is 1. The van der Waals surface area contributed by atoms with Gasteiger partial charge in [-0.2, -0.15) is 0 Å². The summed E-state index contributed by atoms with van der Waals surface area (Å²) in [5.74, 6) is 0.667. The molecule has 2 heteroatoms. The first-order valence-electron chi connectivity index (χ1n) is 4.87. The molecule has 0 saturated carbocycles. The number of nitrogens with one attached hydrogen (secondary N) is 2. The quantitative estimate of drug-likeness (QED) is 0.687. The van der Waals surface area contributed by atoms with Gasteiger partial charge >= 0.3 is 0 Å². The van der Waals surface area contributed by atoms with E-state index < -0.39 is 0 Å². The van der Waals surface area contributed by atoms with E-state index >= 15 is 0 Å². The van der Waals surface area contributed by atoms with Crippen LogP contribution >= 0.6 is 0 Å². The van der Waals surface area contributed by atoms with Gasteiger partial charge in [0.1, 0.15) is 0 Å². The Balaban J connectivity index is 2.20. The number of anilines is 2. The summed E-state index contributed by atoms with van der Waals surface area (Å²) >= 11 is 0. The van der Waals surface area contributed by atoms with E-state index in [0.717, 1.165) is 6.54 Å². The molecule has 70 valence electrons. The van der Waals surface area contributed by atoms with Crippen LogP contribution in [-0.4, -0.2) is 12.6 Å². The maximum atomic E-state index is 3.53. The van der Waals surface area contributed by atoms with Crippen LogP contribution in [0.5, 0.6) is 0 Å². The topological polar surface area (TPSA) is 24.1 Å². The molecule has 0 aromatic heterocycles. The molecular formula is C11H16N2. The van der Waals surface area contributed by atoms with Gasteiger partial charge in [0.25, 0.3) is 0 Å². The van der Waals surface area contributed by atoms with Gasteiger partial charge in [-0.25, -0.2) is 0 Å². The van der Waals surface area contributed by atoms with Crippen molar-refractivity contribution in [1.29, 1.82) is 0 Å². The largest absolute Gasteiger partial charge is 0.381 e. The van der Waals surface area contributed by atoms with Crippen molar-refractivity contribution in [2.75, 3.05) is 17.2 Å². The summed E-state index contributed by atoms with van der Waals surface area (Å²) in [6, 6.07) is 8.91. The standard InChI is InChI=1S/C11H16N2/c1-8(2)11-7-12-9-5-3-4-6-10(9)13-11/h3-6,8,11-13H,7H2,1-2H3/t11-/m1/s1. The molecule has 1 aliphatic heterocycles. The Labute approximate surface area is 79.4 Å². The van der Waals surface area contributed by atoms with Gasteiger partial charge in [0.15, 0.2) is 0 Å². The van der Waals surface area contributed by atoms with Crippen molar-refractivity contribution >= 4 is 11.4 Å². The average Bonchev–Trinajstić information content (AvgIpc) is 2.17. The monoisotopic (exact) mass is 176 g/mol. The Hall–Kier alpha value is -1.18. The molecule has 2 N–H and O–H groups in total. The van der Waals surface area contributed by atoms with Crippen LogP contribution in [-0.2, 0) is 0 Å². The number of para-hydroxylation sites is 2. The third-order valence-electron chi connectivity index (χ3n) is 2.59. The summed E-state index contributed by atoms with van der Waals surface area (Å²) < 4.78 is 0. The Morgan fingerprint density at radius 2 is 1.92 bits per heavy atom. The number of fused-ring (bicyclic) bond motifs is 1. The molecule has 1 atom stereocenters. The molecule has 1 aromatic rings. The highest BCUT2D eigenvalue weighted by molar-refractivity contribution is 5.71. The van der Waals surface area contributed by atoms with Crippen LogP contribution in [0.4, 0.5) is 11.4 Å². The molecule has 2 nitrogen and oxygen atoms in total. The number of hydrogen-bond acceptors (Lipinski definition) is 2. The Morgan fingerprint density at radius 1 is 1.23 bits per heavy atom. The molecular weight excluding hydrogens is 160 g/mol. The van der Waals surface area contributed by atoms with Crippen molar-refractivity contribution in [2.45, 2.75) is 19.9 Å². The minimum Gasteiger partial charge on any atom is -0.381 e. The molecule has 1 aliphatic rings. The van der Waals surface area contributed by atoms with Crippen LogP contribution in [0.2, 0.25) is 0 Å². The summed E-state index contributed by atoms with van der Waals surface area (Å²) in [6.45, 7) is 5.51. The van der Waals surface area contributed by atoms with Gasteiger partial charge in [-0.15, -0.1) is 0 Å². The predicted molar refractivity (Wildman–Crippen MR) is 57.2 cm³/mol. The normalized spacial score (nSPS) is 20.4. The first kappa shape index (κ1) is 8.42. The zero-order valence-corrected chi connectivity index (χ0v) is 8.17. The molecule has 1 aromatic carbocycles. The van der Waals surface area contributed by atoms with E-state index in [4.69, 9.17) is 0 Å². The predicted octanol–water partition coefficient (Wildman–Crippen LogP) is 2.55. The minimum absolute atomic E-state index is 0.551. The lowest BCUT2D eigenvalue weighted by Gasteiger charge is -2.30. The lowest BCUT2D eigenvalue weighted by Crippen LogP contribution is -2.36. The molecule has 0 saturated heterocycles. The highest BCUT2D eigenvalue weighted by atomic mass is 15.1. The maximum Gasteiger partial charge on any atom is 0.0578 e. The summed E-state index contributed by atoms with van der Waals surface area (Å²) in [6.07, 6.45) is 0. The van der Waals surface area contributed by atoms with Gasteiger partial charge in [-0.05, 0) is 18.1 Å². The molecule has 0 amide bonds. The lowest BCUT2D eigenvalue weighted by atomic mass is 10.0. The second-order valence-corrected chi connectivity index (χ2v) is 3.92. The van der Waals surface area contributed by atoms with Crippen molar-refractivity contribution in [2.24, 2.45) is 5.92 Å². The molecule has 13 heavy (non-hydrogen) atoms. The fraction of sp³-hybridized carbons (Fsp3) is 0.455. The fourth-order valence-corrected chi connectivity index (χ4v) is 1.64. The van der Waals surface area contributed by atoms with Gasteiger partial charge in [0.2, 0.25) is 0 Å². The molecule has 0 fully saturated rings. The zero-order chi connectivity index (χ0) is 9.26. The summed E-state index contributed by atoms with van der Waals surface area (Å²) in [4.78, 5) is 0. The van der Waals surface area contributed by atoms with E-state index in [-0.39, 0.29) is 0 Å². The Morgan fingerprint density at radius 3 is 2.62 bits per heavy atom. The Bertz CT molecular complexity index is 294. The highest BCUT2D eigenvalue weighted by Crippen LogP contribution is 2.26. The highest BCUT2D eigenvalue weighted by Gasteiger charge is 2.18. The average molecular weight is 176 g/mol. The van der Waals surface area contributed by atoms with Gasteiger partial charge in [0.05, 0.1) is 11.4 Å². The van der Waals surface area contributed by atoms with E-state index in [1.165, 1.54) is 11.4 Å². The van der Waals surface area contributed by atoms with E-state index in [0.29, 0.717) is 12.0 Å². The second-order valence-electron chi connectivity index (χ2n) is 3.92. The van der Waals surface area contributed by atoms with Crippen LogP contribution < -0.4 is 10.6 Å². The number of hydrogen-bond donors (Lipinski definition) is 2. The zero-order valence-electron chi connectivity index (χ0n) is 8.17. The summed E-state index contributed by atoms with van der Waals surface area (Å²) in [7, 11) is 0. The molecule has 0 radical (unpaired) electrons. The minimum atomic E-state index is 0.551. The van der Waals surface area contributed by atoms with Gasteiger partial charge < -0.3 is 10.6 Å². The van der Waals surface area contributed by atoms with Crippen LogP contribution in [0.15, 0.2) is 24.3 Å². The van der Waals surface area contributed by atoms with Crippen molar-refractivity contribution in [1.82, 2.24) is 0 Å². The Kier molecular flexibility index (Phi) is 2.13. The van der Waals surface area contributed by atoms with Gasteiger partial charge in [0, 0.05) is 12.6 Å². The van der Waals surface area contributed by atoms with Crippen molar-refractivity contribution in [3.8, 4) is 0 Å². The summed E-state index contributed by atoms with van der Waals surface area (Å²) in [5.41, 5.74) is 2.45. The van der Waals surface area contributed by atoms with Crippen molar-refractivity contribution in [3.05, 3.63) is 24.3 Å². The van der Waals surface area contributed by atoms with Gasteiger partial charge in [-0.3, -0.25) is 0 Å². The van der Waals surface area contributed by atoms with E-state index in [1.807, 2.05) is 0 Å². The smallest absolute Gasteiger partial charge is 0.0578 e. The van der Waals surface area contributed by atoms with Crippen molar-refractivity contribution < 1.29 is 0 Å². The van der Waals surface area contributed by atoms with Crippen LogP contribution in [0.3, 0.4) is 0 Å². The van der Waals surface area contributed by atoms with Crippen molar-refractivity contribution in [3.63, 3.8) is 0 Å². The van der Waals surface area contributed by atoms with Gasteiger partial charge in [-0.1, -0.05) is 26.0 Å². The van der Waals surface area contributed by atoms with Crippen LogP contribution in [0.1, 0.15) is 13.8 Å². The second kappa shape index (κ2) is 3.29. The molecule has 0 aliphatic carbocycles. The first-order valence-corrected chi connectivity index (χ1v) is 4.87. The van der Waals surface area contributed by atoms with E-state index in [1.54, 1.807) is 0 Å². The third kappa shape index (κ3) is 1.62. The van der Waals surface area contributed by atoms with E-state index in [2.05, 4.69) is 48.7 Å². The van der Waals surface area contributed by atoms with Crippen LogP contribution in [0.25, 0.3) is 0 Å². The molecule has 0 spiro atoms. The SMILES string of the molecule is CC(C)[C@H]1CNc2ccccc2N1. The maximum absolute atomic E-state index is 3.53. The molecule has 1 heterocycles. The molecule has 0 unspecified atom stereocenters. The molecule has 0 bridgehead atoms. The van der Waals surface area contributed by atoms with Crippen LogP contribution in [0, 0.1) is 5.92 Å². The first-order chi connectivity index (χ1) is 6.27. The molecule has 2 rings (SSSR count). The summed E-state index contributed by atoms with van der Waals surface area (Å²) in [5, 5.41) is 6.97. The number of rotatable bonds is 1. The van der Waals surface area contributed by atoms with E-state index in [9.17, 15) is 0 Å². The fourth-order valence-electron chi connectivity index (χ4n) is 1.64. The lowest BCUT2D eigenvalue weighted by molar-refractivity contribution is 0.536. The third-order valence-corrected chi connectivity index (χ3v) is 2.59.